The van der Waals surface area contributed by atoms with Crippen LogP contribution in [0.25, 0.3) is 0 Å². The molecular formula is C17H23ClN2O. The maximum Gasteiger partial charge on any atom is 0.253 e. The van der Waals surface area contributed by atoms with Gasteiger partial charge in [-0.3, -0.25) is 4.79 Å². The Labute approximate surface area is 131 Å². The van der Waals surface area contributed by atoms with Crippen LogP contribution in [0.5, 0.6) is 0 Å². The first-order valence-electron chi connectivity index (χ1n) is 7.93. The van der Waals surface area contributed by atoms with Gasteiger partial charge >= 0.3 is 0 Å². The lowest BCUT2D eigenvalue weighted by Crippen LogP contribution is -2.45. The molecule has 1 N–H and O–H groups in total. The Morgan fingerprint density at radius 3 is 2.86 bits per heavy atom. The van der Waals surface area contributed by atoms with E-state index >= 15 is 0 Å². The number of piperidine rings is 1. The van der Waals surface area contributed by atoms with Crippen LogP contribution in [0.3, 0.4) is 0 Å². The molecule has 2 heterocycles. The van der Waals surface area contributed by atoms with E-state index in [1.54, 1.807) is 6.07 Å². The van der Waals surface area contributed by atoms with Crippen molar-refractivity contribution in [3.05, 3.63) is 34.3 Å². The zero-order valence-electron chi connectivity index (χ0n) is 12.6. The van der Waals surface area contributed by atoms with Gasteiger partial charge in [-0.15, -0.1) is 0 Å². The Morgan fingerprint density at radius 1 is 1.29 bits per heavy atom. The second-order valence-corrected chi connectivity index (χ2v) is 6.81. The quantitative estimate of drug-likeness (QED) is 0.909. The largest absolute Gasteiger partial charge is 0.338 e. The Morgan fingerprint density at radius 2 is 2.14 bits per heavy atom. The highest BCUT2D eigenvalue weighted by Crippen LogP contribution is 2.26. The van der Waals surface area contributed by atoms with Crippen LogP contribution in [0, 0.1) is 12.8 Å². The molecule has 3 rings (SSSR count). The standard InChI is InChI=1S/C17H23ClN2O/c1-12-8-14(10-15(18)9-12)17(21)20-7-3-4-13(11-20)16-5-2-6-19-16/h8-10,13,16,19H,2-7,11H2,1H3. The average Bonchev–Trinajstić information content (AvgIpc) is 3.00. The number of aryl methyl sites for hydroxylation is 1. The second kappa shape index (κ2) is 6.37. The Bertz CT molecular complexity index is 505. The van der Waals surface area contributed by atoms with Gasteiger partial charge in [0.2, 0.25) is 0 Å². The van der Waals surface area contributed by atoms with Gasteiger partial charge in [0.1, 0.15) is 0 Å². The minimum atomic E-state index is 0.128. The van der Waals surface area contributed by atoms with Crippen molar-refractivity contribution in [1.29, 1.82) is 0 Å². The number of likely N-dealkylation sites (tertiary alicyclic amines) is 1. The predicted molar refractivity (Wildman–Crippen MR) is 85.8 cm³/mol. The molecule has 3 nitrogen and oxygen atoms in total. The molecule has 21 heavy (non-hydrogen) atoms. The first-order valence-corrected chi connectivity index (χ1v) is 8.31. The second-order valence-electron chi connectivity index (χ2n) is 6.37. The number of amides is 1. The van der Waals surface area contributed by atoms with E-state index in [2.05, 4.69) is 5.32 Å². The fraction of sp³-hybridized carbons (Fsp3) is 0.588. The van der Waals surface area contributed by atoms with Crippen LogP contribution in [-0.2, 0) is 0 Å². The monoisotopic (exact) mass is 306 g/mol. The van der Waals surface area contributed by atoms with Crippen molar-refractivity contribution < 1.29 is 4.79 Å². The number of halogens is 1. The van der Waals surface area contributed by atoms with Gasteiger partial charge in [0, 0.05) is 29.7 Å². The van der Waals surface area contributed by atoms with Gasteiger partial charge in [-0.2, -0.15) is 0 Å². The maximum absolute atomic E-state index is 12.7. The molecule has 0 bridgehead atoms. The van der Waals surface area contributed by atoms with E-state index in [4.69, 9.17) is 11.6 Å². The third-order valence-corrected chi connectivity index (χ3v) is 4.92. The number of hydrogen-bond acceptors (Lipinski definition) is 2. The van der Waals surface area contributed by atoms with Crippen LogP contribution in [0.1, 0.15) is 41.6 Å². The van der Waals surface area contributed by atoms with E-state index < -0.39 is 0 Å². The Kier molecular flexibility index (Phi) is 4.51. The molecule has 1 aromatic carbocycles. The summed E-state index contributed by atoms with van der Waals surface area (Å²) in [5.41, 5.74) is 1.76. The Hall–Kier alpha value is -1.06. The van der Waals surface area contributed by atoms with Crippen molar-refractivity contribution in [1.82, 2.24) is 10.2 Å². The predicted octanol–water partition coefficient (Wildman–Crippen LogP) is 3.25. The molecule has 0 spiro atoms. The molecule has 2 aliphatic rings. The van der Waals surface area contributed by atoms with Crippen molar-refractivity contribution in [3.8, 4) is 0 Å². The first kappa shape index (κ1) is 14.9. The van der Waals surface area contributed by atoms with Crippen molar-refractivity contribution in [2.24, 2.45) is 5.92 Å². The van der Waals surface area contributed by atoms with Gasteiger partial charge in [-0.1, -0.05) is 11.6 Å². The van der Waals surface area contributed by atoms with E-state index in [9.17, 15) is 4.79 Å². The zero-order valence-corrected chi connectivity index (χ0v) is 13.3. The van der Waals surface area contributed by atoms with Crippen molar-refractivity contribution >= 4 is 17.5 Å². The minimum Gasteiger partial charge on any atom is -0.338 e. The molecule has 0 aromatic heterocycles. The molecule has 0 saturated carbocycles. The van der Waals surface area contributed by atoms with Crippen LogP contribution >= 0.6 is 11.6 Å². The number of benzene rings is 1. The molecule has 1 aromatic rings. The van der Waals surface area contributed by atoms with Gasteiger partial charge in [-0.05, 0) is 68.8 Å². The molecule has 0 aliphatic carbocycles. The van der Waals surface area contributed by atoms with Crippen LogP contribution in [0.15, 0.2) is 18.2 Å². The van der Waals surface area contributed by atoms with Crippen molar-refractivity contribution in [3.63, 3.8) is 0 Å². The van der Waals surface area contributed by atoms with Crippen molar-refractivity contribution in [2.45, 2.75) is 38.6 Å². The number of nitrogens with zero attached hydrogens (tertiary/aromatic N) is 1. The van der Waals surface area contributed by atoms with Gasteiger partial charge in [0.05, 0.1) is 0 Å². The fourth-order valence-electron chi connectivity index (χ4n) is 3.68. The van der Waals surface area contributed by atoms with E-state index in [1.165, 1.54) is 19.3 Å². The fourth-order valence-corrected chi connectivity index (χ4v) is 3.97. The van der Waals surface area contributed by atoms with Crippen LogP contribution in [-0.4, -0.2) is 36.5 Å². The first-order chi connectivity index (χ1) is 10.1. The van der Waals surface area contributed by atoms with Gasteiger partial charge in [0.15, 0.2) is 0 Å². The SMILES string of the molecule is Cc1cc(Cl)cc(C(=O)N2CCCC(C3CCCN3)C2)c1. The lowest BCUT2D eigenvalue weighted by Gasteiger charge is -2.36. The summed E-state index contributed by atoms with van der Waals surface area (Å²) >= 11 is 6.08. The highest BCUT2D eigenvalue weighted by molar-refractivity contribution is 6.31. The highest BCUT2D eigenvalue weighted by Gasteiger charge is 2.31. The van der Waals surface area contributed by atoms with Crippen LogP contribution in [0.2, 0.25) is 5.02 Å². The van der Waals surface area contributed by atoms with Gasteiger partial charge < -0.3 is 10.2 Å². The van der Waals surface area contributed by atoms with Crippen LogP contribution in [0.4, 0.5) is 0 Å². The lowest BCUT2D eigenvalue weighted by atomic mass is 9.89. The average molecular weight is 307 g/mol. The molecule has 4 heteroatoms. The summed E-state index contributed by atoms with van der Waals surface area (Å²) in [6.45, 7) is 4.85. The zero-order chi connectivity index (χ0) is 14.8. The molecule has 2 fully saturated rings. The van der Waals surface area contributed by atoms with E-state index in [1.807, 2.05) is 24.0 Å². The molecule has 1 amide bonds. The Balaban J connectivity index is 1.71. The molecule has 2 aliphatic heterocycles. The number of rotatable bonds is 2. The summed E-state index contributed by atoms with van der Waals surface area (Å²) in [7, 11) is 0. The third kappa shape index (κ3) is 3.41. The van der Waals surface area contributed by atoms with E-state index in [-0.39, 0.29) is 5.91 Å². The van der Waals surface area contributed by atoms with Crippen LogP contribution < -0.4 is 5.32 Å². The molecule has 2 atom stereocenters. The smallest absolute Gasteiger partial charge is 0.253 e. The summed E-state index contributed by atoms with van der Waals surface area (Å²) in [5, 5.41) is 4.23. The minimum absolute atomic E-state index is 0.128. The molecular weight excluding hydrogens is 284 g/mol. The molecule has 2 unspecified atom stereocenters. The summed E-state index contributed by atoms with van der Waals surface area (Å²) in [5.74, 6) is 0.730. The van der Waals surface area contributed by atoms with E-state index in [0.717, 1.165) is 37.2 Å². The summed E-state index contributed by atoms with van der Waals surface area (Å²) < 4.78 is 0. The number of carbonyl (C=O) groups excluding carboxylic acids is 1. The summed E-state index contributed by atoms with van der Waals surface area (Å²) in [6, 6.07) is 6.21. The maximum atomic E-state index is 12.7. The summed E-state index contributed by atoms with van der Waals surface area (Å²) in [6.07, 6.45) is 4.86. The topological polar surface area (TPSA) is 32.3 Å². The highest BCUT2D eigenvalue weighted by atomic mass is 35.5. The number of hydrogen-bond donors (Lipinski definition) is 1. The lowest BCUT2D eigenvalue weighted by molar-refractivity contribution is 0.0651. The van der Waals surface area contributed by atoms with E-state index in [0.29, 0.717) is 17.0 Å². The molecule has 0 radical (unpaired) electrons. The molecule has 114 valence electrons. The normalized spacial score (nSPS) is 26.1. The van der Waals surface area contributed by atoms with Crippen molar-refractivity contribution in [2.75, 3.05) is 19.6 Å². The van der Waals surface area contributed by atoms with Gasteiger partial charge in [0.25, 0.3) is 5.91 Å². The third-order valence-electron chi connectivity index (χ3n) is 4.70. The molecule has 2 saturated heterocycles. The number of carbonyl (C=O) groups is 1. The summed E-state index contributed by atoms with van der Waals surface area (Å²) in [4.78, 5) is 14.7. The number of nitrogens with one attached hydrogen (secondary N) is 1. The van der Waals surface area contributed by atoms with Gasteiger partial charge in [-0.25, -0.2) is 0 Å².